The lowest BCUT2D eigenvalue weighted by atomic mass is 9.78. The highest BCUT2D eigenvalue weighted by atomic mass is 16.3. The smallest absolute Gasteiger partial charge is 0.239 e. The number of rotatable bonds is 6. The van der Waals surface area contributed by atoms with Gasteiger partial charge in [-0.3, -0.25) is 14.3 Å². The molecule has 1 aromatic carbocycles. The van der Waals surface area contributed by atoms with Crippen LogP contribution in [0.15, 0.2) is 24.5 Å². The molecule has 4 N–H and O–H groups in total. The van der Waals surface area contributed by atoms with E-state index in [0.717, 1.165) is 16.7 Å². The zero-order valence-corrected chi connectivity index (χ0v) is 18.2. The quantitative estimate of drug-likeness (QED) is 0.691. The molecule has 2 amide bonds. The van der Waals surface area contributed by atoms with Gasteiger partial charge in [-0.15, -0.1) is 0 Å². The number of amides is 2. The number of nitrogens with one attached hydrogen (secondary N) is 1. The summed E-state index contributed by atoms with van der Waals surface area (Å²) in [5.74, 6) is -0.311. The highest BCUT2D eigenvalue weighted by molar-refractivity contribution is 5.90. The predicted octanol–water partition coefficient (Wildman–Crippen LogP) is 3.24. The summed E-state index contributed by atoms with van der Waals surface area (Å²) < 4.78 is 1.38. The van der Waals surface area contributed by atoms with Gasteiger partial charge in [0, 0.05) is 12.6 Å². The van der Waals surface area contributed by atoms with Crippen molar-refractivity contribution in [2.24, 2.45) is 5.73 Å². The fraction of sp³-hybridized carbons (Fsp3) is 0.500. The number of phenols is 1. The molecule has 0 aliphatic rings. The van der Waals surface area contributed by atoms with E-state index in [0.29, 0.717) is 24.3 Å². The van der Waals surface area contributed by atoms with Gasteiger partial charge in [0.15, 0.2) is 0 Å². The van der Waals surface area contributed by atoms with E-state index >= 15 is 0 Å². The molecule has 0 bridgehead atoms. The standard InChI is InChI=1S/C22H32N4O3/c1-21(2,3)16-9-14(10-17(20(16)29)22(4,5)6)7-8-19(28)25-15-11-24-26(12-15)13-18(23)27/h9-12,29H,7-8,13H2,1-6H3,(H2,23,27)(H,25,28). The minimum Gasteiger partial charge on any atom is -0.507 e. The summed E-state index contributed by atoms with van der Waals surface area (Å²) in [6.07, 6.45) is 3.89. The molecule has 0 atom stereocenters. The summed E-state index contributed by atoms with van der Waals surface area (Å²) in [6.45, 7) is 12.4. The number of hydrogen-bond acceptors (Lipinski definition) is 4. The van der Waals surface area contributed by atoms with Crippen LogP contribution < -0.4 is 11.1 Å². The van der Waals surface area contributed by atoms with E-state index in [-0.39, 0.29) is 23.3 Å². The van der Waals surface area contributed by atoms with E-state index in [1.165, 1.54) is 10.9 Å². The van der Waals surface area contributed by atoms with Gasteiger partial charge in [-0.25, -0.2) is 0 Å². The van der Waals surface area contributed by atoms with Gasteiger partial charge in [-0.1, -0.05) is 53.7 Å². The van der Waals surface area contributed by atoms with Crippen molar-refractivity contribution < 1.29 is 14.7 Å². The number of carbonyl (C=O) groups is 2. The normalized spacial score (nSPS) is 12.1. The molecule has 0 radical (unpaired) electrons. The van der Waals surface area contributed by atoms with Gasteiger partial charge >= 0.3 is 0 Å². The lowest BCUT2D eigenvalue weighted by Gasteiger charge is -2.28. The number of aromatic nitrogens is 2. The van der Waals surface area contributed by atoms with E-state index in [2.05, 4.69) is 52.0 Å². The molecule has 2 rings (SSSR count). The Balaban J connectivity index is 2.14. The zero-order chi connectivity index (χ0) is 22.0. The second-order valence-electron chi connectivity index (χ2n) is 9.48. The second-order valence-corrected chi connectivity index (χ2v) is 9.48. The number of nitrogens with two attached hydrogens (primary N) is 1. The maximum Gasteiger partial charge on any atom is 0.239 e. The van der Waals surface area contributed by atoms with E-state index in [4.69, 9.17) is 5.73 Å². The Kier molecular flexibility index (Phi) is 6.40. The molecule has 29 heavy (non-hydrogen) atoms. The van der Waals surface area contributed by atoms with Crippen molar-refractivity contribution in [1.82, 2.24) is 9.78 Å². The molecule has 0 spiro atoms. The maximum absolute atomic E-state index is 12.4. The van der Waals surface area contributed by atoms with Crippen molar-refractivity contribution in [3.8, 4) is 5.75 Å². The first-order chi connectivity index (χ1) is 13.3. The molecule has 0 unspecified atom stereocenters. The maximum atomic E-state index is 12.4. The van der Waals surface area contributed by atoms with Crippen LogP contribution in [0.4, 0.5) is 5.69 Å². The van der Waals surface area contributed by atoms with Crippen LogP contribution in [-0.4, -0.2) is 26.7 Å². The summed E-state index contributed by atoms with van der Waals surface area (Å²) in [5, 5.41) is 17.6. The Labute approximate surface area is 172 Å². The average Bonchev–Trinajstić information content (AvgIpc) is 2.97. The molecule has 1 aromatic heterocycles. The molecule has 0 saturated carbocycles. The lowest BCUT2D eigenvalue weighted by Crippen LogP contribution is -2.19. The minimum atomic E-state index is -0.498. The average molecular weight is 401 g/mol. The first-order valence-corrected chi connectivity index (χ1v) is 9.75. The van der Waals surface area contributed by atoms with Gasteiger partial charge in [0.05, 0.1) is 11.9 Å². The Bertz CT molecular complexity index is 867. The van der Waals surface area contributed by atoms with Crippen molar-refractivity contribution >= 4 is 17.5 Å². The third-order valence-electron chi connectivity index (χ3n) is 4.66. The number of nitrogens with zero attached hydrogens (tertiary/aromatic N) is 2. The third kappa shape index (κ3) is 6.07. The number of aromatic hydroxyl groups is 1. The lowest BCUT2D eigenvalue weighted by molar-refractivity contribution is -0.118. The van der Waals surface area contributed by atoms with Crippen molar-refractivity contribution in [2.75, 3.05) is 5.32 Å². The Hall–Kier alpha value is -2.83. The number of benzene rings is 1. The summed E-state index contributed by atoms with van der Waals surface area (Å²) in [5.41, 5.74) is 8.01. The monoisotopic (exact) mass is 400 g/mol. The highest BCUT2D eigenvalue weighted by Crippen LogP contribution is 2.39. The van der Waals surface area contributed by atoms with Gasteiger partial charge in [-0.05, 0) is 33.9 Å². The summed E-state index contributed by atoms with van der Waals surface area (Å²) in [6, 6.07) is 3.98. The fourth-order valence-corrected chi connectivity index (χ4v) is 3.14. The van der Waals surface area contributed by atoms with Crippen LogP contribution in [0.25, 0.3) is 0 Å². The summed E-state index contributed by atoms with van der Waals surface area (Å²) in [7, 11) is 0. The van der Waals surface area contributed by atoms with E-state index in [9.17, 15) is 14.7 Å². The SMILES string of the molecule is CC(C)(C)c1cc(CCC(=O)Nc2cnn(CC(N)=O)c2)cc(C(C)(C)C)c1O. The van der Waals surface area contributed by atoms with Crippen molar-refractivity contribution in [3.63, 3.8) is 0 Å². The molecule has 7 nitrogen and oxygen atoms in total. The van der Waals surface area contributed by atoms with Crippen LogP contribution in [0.3, 0.4) is 0 Å². The summed E-state index contributed by atoms with van der Waals surface area (Å²) >= 11 is 0. The molecular formula is C22H32N4O3. The number of carbonyl (C=O) groups excluding carboxylic acids is 2. The number of primary amides is 1. The number of anilines is 1. The number of phenolic OH excluding ortho intramolecular Hbond substituents is 1. The molecule has 2 aromatic rings. The van der Waals surface area contributed by atoms with Gasteiger partial charge in [-0.2, -0.15) is 5.10 Å². The molecule has 0 fully saturated rings. The van der Waals surface area contributed by atoms with Crippen LogP contribution in [0, 0.1) is 0 Å². The zero-order valence-electron chi connectivity index (χ0n) is 18.2. The second kappa shape index (κ2) is 8.27. The first kappa shape index (κ1) is 22.5. The van der Waals surface area contributed by atoms with Crippen LogP contribution in [0.1, 0.15) is 64.7 Å². The van der Waals surface area contributed by atoms with Crippen LogP contribution in [0.5, 0.6) is 5.75 Å². The third-order valence-corrected chi connectivity index (χ3v) is 4.66. The summed E-state index contributed by atoms with van der Waals surface area (Å²) in [4.78, 5) is 23.3. The van der Waals surface area contributed by atoms with E-state index in [1.54, 1.807) is 6.20 Å². The molecular weight excluding hydrogens is 368 g/mol. The van der Waals surface area contributed by atoms with Crippen molar-refractivity contribution in [1.29, 1.82) is 0 Å². The predicted molar refractivity (Wildman–Crippen MR) is 114 cm³/mol. The van der Waals surface area contributed by atoms with Gasteiger partial charge in [0.2, 0.25) is 11.8 Å². The largest absolute Gasteiger partial charge is 0.507 e. The molecule has 0 aliphatic heterocycles. The van der Waals surface area contributed by atoms with Crippen LogP contribution in [-0.2, 0) is 33.4 Å². The highest BCUT2D eigenvalue weighted by Gasteiger charge is 2.26. The van der Waals surface area contributed by atoms with Crippen molar-refractivity contribution in [2.45, 2.75) is 71.8 Å². The molecule has 7 heteroatoms. The molecule has 1 heterocycles. The van der Waals surface area contributed by atoms with Gasteiger partial charge < -0.3 is 16.2 Å². The number of hydrogen-bond donors (Lipinski definition) is 3. The van der Waals surface area contributed by atoms with Crippen molar-refractivity contribution in [3.05, 3.63) is 41.2 Å². The van der Waals surface area contributed by atoms with Gasteiger partial charge in [0.25, 0.3) is 0 Å². The fourth-order valence-electron chi connectivity index (χ4n) is 3.14. The minimum absolute atomic E-state index is 0.0332. The first-order valence-electron chi connectivity index (χ1n) is 9.75. The molecule has 158 valence electrons. The Morgan fingerprint density at radius 3 is 2.14 bits per heavy atom. The number of aryl methyl sites for hydroxylation is 1. The van der Waals surface area contributed by atoms with Gasteiger partial charge in [0.1, 0.15) is 12.3 Å². The molecule has 0 saturated heterocycles. The van der Waals surface area contributed by atoms with Crippen LogP contribution in [0.2, 0.25) is 0 Å². The Morgan fingerprint density at radius 1 is 1.10 bits per heavy atom. The Morgan fingerprint density at radius 2 is 1.66 bits per heavy atom. The molecule has 0 aliphatic carbocycles. The van der Waals surface area contributed by atoms with E-state index < -0.39 is 5.91 Å². The topological polar surface area (TPSA) is 110 Å². The van der Waals surface area contributed by atoms with E-state index in [1.807, 2.05) is 12.1 Å². The van der Waals surface area contributed by atoms with Crippen LogP contribution >= 0.6 is 0 Å².